The second-order valence-corrected chi connectivity index (χ2v) is 8.48. The SMILES string of the molecule is COc1cccc(CC(=O)N2CC[C@H](n3c(C4CCCC4)nc4cccnc43)C2)c1. The van der Waals surface area contributed by atoms with Crippen LogP contribution in [0.3, 0.4) is 0 Å². The first-order chi connectivity index (χ1) is 14.7. The van der Waals surface area contributed by atoms with Crippen molar-refractivity contribution in [3.8, 4) is 5.75 Å². The molecule has 1 saturated carbocycles. The Kier molecular flexibility index (Phi) is 5.15. The van der Waals surface area contributed by atoms with Crippen molar-refractivity contribution in [3.63, 3.8) is 0 Å². The van der Waals surface area contributed by atoms with E-state index in [0.717, 1.165) is 42.0 Å². The van der Waals surface area contributed by atoms with E-state index in [4.69, 9.17) is 9.72 Å². The molecule has 1 aliphatic heterocycles. The standard InChI is InChI=1S/C24H28N4O2/c1-30-20-9-4-6-17(14-20)15-22(29)27-13-11-19(16-27)28-23(18-7-2-3-8-18)26-21-10-5-12-25-24(21)28/h4-6,9-10,12,14,18-19H,2-3,7-8,11,13,15-16H2,1H3/t19-/m0/s1. The molecule has 6 nitrogen and oxygen atoms in total. The largest absolute Gasteiger partial charge is 0.497 e. The number of amides is 1. The molecule has 0 radical (unpaired) electrons. The molecular weight excluding hydrogens is 376 g/mol. The van der Waals surface area contributed by atoms with E-state index in [0.29, 0.717) is 12.3 Å². The normalized spacial score (nSPS) is 19.6. The lowest BCUT2D eigenvalue weighted by molar-refractivity contribution is -0.129. The summed E-state index contributed by atoms with van der Waals surface area (Å²) in [5.41, 5.74) is 2.93. The monoisotopic (exact) mass is 404 g/mol. The summed E-state index contributed by atoms with van der Waals surface area (Å²) in [6.45, 7) is 1.51. The fourth-order valence-corrected chi connectivity index (χ4v) is 5.03. The number of benzene rings is 1. The van der Waals surface area contributed by atoms with E-state index < -0.39 is 0 Å². The van der Waals surface area contributed by atoms with Crippen LogP contribution in [0.1, 0.15) is 55.5 Å². The van der Waals surface area contributed by atoms with E-state index >= 15 is 0 Å². The zero-order chi connectivity index (χ0) is 20.5. The highest BCUT2D eigenvalue weighted by atomic mass is 16.5. The topological polar surface area (TPSA) is 60.2 Å². The summed E-state index contributed by atoms with van der Waals surface area (Å²) in [5, 5.41) is 0. The Balaban J connectivity index is 1.37. The average Bonchev–Trinajstić information content (AvgIpc) is 3.52. The van der Waals surface area contributed by atoms with E-state index in [1.54, 1.807) is 7.11 Å². The summed E-state index contributed by atoms with van der Waals surface area (Å²) in [7, 11) is 1.65. The van der Waals surface area contributed by atoms with Crippen molar-refractivity contribution in [1.29, 1.82) is 0 Å². The van der Waals surface area contributed by atoms with Gasteiger partial charge in [0.2, 0.25) is 5.91 Å². The van der Waals surface area contributed by atoms with Crippen LogP contribution in [-0.4, -0.2) is 45.5 Å². The van der Waals surface area contributed by atoms with Crippen LogP contribution in [0.15, 0.2) is 42.6 Å². The van der Waals surface area contributed by atoms with Crippen molar-refractivity contribution >= 4 is 17.1 Å². The Morgan fingerprint density at radius 3 is 2.87 bits per heavy atom. The second-order valence-electron chi connectivity index (χ2n) is 8.48. The minimum atomic E-state index is 0.172. The summed E-state index contributed by atoms with van der Waals surface area (Å²) in [4.78, 5) is 24.6. The predicted octanol–water partition coefficient (Wildman–Crippen LogP) is 4.11. The number of hydrogen-bond acceptors (Lipinski definition) is 4. The number of ether oxygens (including phenoxy) is 1. The zero-order valence-corrected chi connectivity index (χ0v) is 17.5. The summed E-state index contributed by atoms with van der Waals surface area (Å²) in [6.07, 6.45) is 8.16. The molecule has 0 unspecified atom stereocenters. The molecule has 0 N–H and O–H groups in total. The maximum atomic E-state index is 13.0. The van der Waals surface area contributed by atoms with Crippen molar-refractivity contribution < 1.29 is 9.53 Å². The highest BCUT2D eigenvalue weighted by Gasteiger charge is 2.33. The van der Waals surface area contributed by atoms with Gasteiger partial charge in [0.15, 0.2) is 5.65 Å². The lowest BCUT2D eigenvalue weighted by atomic mass is 10.1. The Labute approximate surface area is 176 Å². The minimum absolute atomic E-state index is 0.172. The van der Waals surface area contributed by atoms with Crippen LogP contribution in [0.25, 0.3) is 11.2 Å². The van der Waals surface area contributed by atoms with Gasteiger partial charge in [-0.1, -0.05) is 25.0 Å². The molecule has 6 heteroatoms. The van der Waals surface area contributed by atoms with Crippen LogP contribution in [0.5, 0.6) is 5.75 Å². The number of fused-ring (bicyclic) bond motifs is 1. The van der Waals surface area contributed by atoms with Gasteiger partial charge < -0.3 is 14.2 Å². The van der Waals surface area contributed by atoms with Gasteiger partial charge in [0.1, 0.15) is 17.1 Å². The summed E-state index contributed by atoms with van der Waals surface area (Å²) < 4.78 is 7.64. The van der Waals surface area contributed by atoms with E-state index in [2.05, 4.69) is 15.6 Å². The molecule has 1 aliphatic carbocycles. The molecular formula is C24H28N4O2. The molecule has 2 fully saturated rings. The van der Waals surface area contributed by atoms with Crippen molar-refractivity contribution in [2.24, 2.45) is 0 Å². The van der Waals surface area contributed by atoms with Crippen LogP contribution in [0.4, 0.5) is 0 Å². The van der Waals surface area contributed by atoms with Crippen molar-refractivity contribution in [2.75, 3.05) is 20.2 Å². The maximum absolute atomic E-state index is 13.0. The number of aromatic nitrogens is 3. The molecule has 2 aromatic heterocycles. The Morgan fingerprint density at radius 2 is 2.03 bits per heavy atom. The molecule has 156 valence electrons. The fraction of sp³-hybridized carbons (Fsp3) is 0.458. The van der Waals surface area contributed by atoms with Gasteiger partial charge in [-0.25, -0.2) is 9.97 Å². The summed E-state index contributed by atoms with van der Waals surface area (Å²) >= 11 is 0. The Bertz CT molecular complexity index is 1050. The van der Waals surface area contributed by atoms with Crippen molar-refractivity contribution in [3.05, 3.63) is 54.0 Å². The van der Waals surface area contributed by atoms with E-state index in [-0.39, 0.29) is 11.9 Å². The van der Waals surface area contributed by atoms with Crippen LogP contribution in [0, 0.1) is 0 Å². The number of methoxy groups -OCH3 is 1. The van der Waals surface area contributed by atoms with Crippen LogP contribution < -0.4 is 4.74 Å². The molecule has 0 bridgehead atoms. The fourth-order valence-electron chi connectivity index (χ4n) is 5.03. The van der Waals surface area contributed by atoms with Gasteiger partial charge in [-0.2, -0.15) is 0 Å². The van der Waals surface area contributed by atoms with Crippen LogP contribution in [0.2, 0.25) is 0 Å². The number of carbonyl (C=O) groups excluding carboxylic acids is 1. The number of hydrogen-bond donors (Lipinski definition) is 0. The van der Waals surface area contributed by atoms with Gasteiger partial charge in [-0.3, -0.25) is 4.79 Å². The highest BCUT2D eigenvalue weighted by molar-refractivity contribution is 5.79. The summed E-state index contributed by atoms with van der Waals surface area (Å²) in [6, 6.07) is 12.0. The number of likely N-dealkylation sites (tertiary alicyclic amines) is 1. The van der Waals surface area contributed by atoms with Crippen LogP contribution in [-0.2, 0) is 11.2 Å². The molecule has 1 amide bonds. The van der Waals surface area contributed by atoms with E-state index in [1.165, 1.54) is 31.5 Å². The lowest BCUT2D eigenvalue weighted by Crippen LogP contribution is -2.30. The number of nitrogens with zero attached hydrogens (tertiary/aromatic N) is 4. The van der Waals surface area contributed by atoms with Gasteiger partial charge in [-0.05, 0) is 49.1 Å². The molecule has 1 atom stereocenters. The number of pyridine rings is 1. The smallest absolute Gasteiger partial charge is 0.227 e. The molecule has 0 spiro atoms. The van der Waals surface area contributed by atoms with Gasteiger partial charge in [0.05, 0.1) is 19.6 Å². The number of carbonyl (C=O) groups is 1. The van der Waals surface area contributed by atoms with Gasteiger partial charge in [-0.15, -0.1) is 0 Å². The average molecular weight is 405 g/mol. The third-order valence-electron chi connectivity index (χ3n) is 6.57. The van der Waals surface area contributed by atoms with Crippen molar-refractivity contribution in [2.45, 2.75) is 50.5 Å². The van der Waals surface area contributed by atoms with E-state index in [1.807, 2.05) is 41.4 Å². The maximum Gasteiger partial charge on any atom is 0.227 e. The van der Waals surface area contributed by atoms with Crippen molar-refractivity contribution in [1.82, 2.24) is 19.4 Å². The molecule has 5 rings (SSSR count). The third-order valence-corrected chi connectivity index (χ3v) is 6.57. The first-order valence-corrected chi connectivity index (χ1v) is 11.0. The molecule has 1 saturated heterocycles. The lowest BCUT2D eigenvalue weighted by Gasteiger charge is -2.20. The van der Waals surface area contributed by atoms with Gasteiger partial charge in [0, 0.05) is 25.2 Å². The minimum Gasteiger partial charge on any atom is -0.497 e. The van der Waals surface area contributed by atoms with E-state index in [9.17, 15) is 4.79 Å². The molecule has 1 aromatic carbocycles. The number of rotatable bonds is 5. The zero-order valence-electron chi connectivity index (χ0n) is 17.5. The third kappa shape index (κ3) is 3.55. The Morgan fingerprint density at radius 1 is 1.17 bits per heavy atom. The molecule has 3 aromatic rings. The molecule has 30 heavy (non-hydrogen) atoms. The molecule has 3 heterocycles. The quantitative estimate of drug-likeness (QED) is 0.642. The second kappa shape index (κ2) is 8.09. The van der Waals surface area contributed by atoms with Crippen LogP contribution >= 0.6 is 0 Å². The summed E-state index contributed by atoms with van der Waals surface area (Å²) in [5.74, 6) is 2.65. The highest BCUT2D eigenvalue weighted by Crippen LogP contribution is 2.38. The first kappa shape index (κ1) is 19.1. The van der Waals surface area contributed by atoms with Gasteiger partial charge >= 0.3 is 0 Å². The Hall–Kier alpha value is -2.89. The van der Waals surface area contributed by atoms with Gasteiger partial charge in [0.25, 0.3) is 0 Å². The molecule has 2 aliphatic rings. The first-order valence-electron chi connectivity index (χ1n) is 11.0. The number of imidazole rings is 1. The predicted molar refractivity (Wildman–Crippen MR) is 116 cm³/mol.